The summed E-state index contributed by atoms with van der Waals surface area (Å²) in [6.07, 6.45) is 3.56. The first-order valence-electron chi connectivity index (χ1n) is 8.83. The van der Waals surface area contributed by atoms with E-state index in [0.717, 1.165) is 0 Å². The lowest BCUT2D eigenvalue weighted by atomic mass is 10.1. The van der Waals surface area contributed by atoms with Crippen LogP contribution in [0, 0.1) is 0 Å². The number of hydrogen-bond acceptors (Lipinski definition) is 6. The van der Waals surface area contributed by atoms with Gasteiger partial charge in [-0.25, -0.2) is 9.59 Å². The van der Waals surface area contributed by atoms with Crippen LogP contribution >= 0.6 is 0 Å². The monoisotopic (exact) mass is 386 g/mol. The fourth-order valence-corrected chi connectivity index (χ4v) is 2.16. The van der Waals surface area contributed by atoms with Gasteiger partial charge in [-0.2, -0.15) is 0 Å². The Kier molecular flexibility index (Phi) is 6.23. The topological polar surface area (TPSA) is 102 Å². The Morgan fingerprint density at radius 1 is 0.857 bits per heavy atom. The summed E-state index contributed by atoms with van der Waals surface area (Å²) in [5, 5.41) is 5.31. The summed E-state index contributed by atoms with van der Waals surface area (Å²) in [7, 11) is 0. The van der Waals surface area contributed by atoms with E-state index in [-0.39, 0.29) is 0 Å². The van der Waals surface area contributed by atoms with E-state index in [1.54, 1.807) is 72.1 Å². The third kappa shape index (κ3) is 7.22. The van der Waals surface area contributed by atoms with Crippen molar-refractivity contribution in [2.75, 3.05) is 10.6 Å². The van der Waals surface area contributed by atoms with Crippen LogP contribution in [0.5, 0.6) is 0 Å². The molecule has 0 spiro atoms. The van der Waals surface area contributed by atoms with Gasteiger partial charge >= 0.3 is 12.2 Å². The maximum absolute atomic E-state index is 11.9. The molecule has 0 radical (unpaired) electrons. The molecule has 0 atom stereocenters. The molecule has 0 saturated heterocycles. The molecule has 0 aromatic carbocycles. The number of pyridine rings is 2. The maximum atomic E-state index is 11.9. The number of nitrogens with zero attached hydrogens (tertiary/aromatic N) is 2. The van der Waals surface area contributed by atoms with Crippen molar-refractivity contribution in [1.29, 1.82) is 0 Å². The third-order valence-corrected chi connectivity index (χ3v) is 3.08. The highest BCUT2D eigenvalue weighted by Gasteiger charge is 2.17. The largest absolute Gasteiger partial charge is 0.444 e. The van der Waals surface area contributed by atoms with Gasteiger partial charge in [-0.3, -0.25) is 20.6 Å². The van der Waals surface area contributed by atoms with Gasteiger partial charge in [-0.1, -0.05) is 0 Å². The number of aromatic nitrogens is 2. The normalized spacial score (nSPS) is 11.5. The van der Waals surface area contributed by atoms with E-state index in [2.05, 4.69) is 20.6 Å². The molecule has 2 heterocycles. The number of ether oxygens (including phenoxy) is 2. The summed E-state index contributed by atoms with van der Waals surface area (Å²) >= 11 is 0. The predicted molar refractivity (Wildman–Crippen MR) is 107 cm³/mol. The molecule has 0 aliphatic heterocycles. The van der Waals surface area contributed by atoms with Crippen LogP contribution in [0.25, 0.3) is 11.3 Å². The van der Waals surface area contributed by atoms with Crippen LogP contribution in [-0.4, -0.2) is 33.4 Å². The number of amides is 2. The van der Waals surface area contributed by atoms with Gasteiger partial charge in [-0.15, -0.1) is 0 Å². The van der Waals surface area contributed by atoms with Crippen molar-refractivity contribution in [2.24, 2.45) is 0 Å². The molecule has 2 N–H and O–H groups in total. The number of anilines is 2. The van der Waals surface area contributed by atoms with Crippen LogP contribution < -0.4 is 10.6 Å². The van der Waals surface area contributed by atoms with Crippen molar-refractivity contribution in [3.63, 3.8) is 0 Å². The summed E-state index contributed by atoms with van der Waals surface area (Å²) in [5.41, 5.74) is 1.06. The lowest BCUT2D eigenvalue weighted by Crippen LogP contribution is -2.27. The highest BCUT2D eigenvalue weighted by molar-refractivity contribution is 5.87. The molecule has 2 rings (SSSR count). The molecule has 0 saturated carbocycles. The second-order valence-electron chi connectivity index (χ2n) is 8.15. The number of carbonyl (C=O) groups is 2. The molecule has 8 nitrogen and oxygen atoms in total. The van der Waals surface area contributed by atoms with Gasteiger partial charge in [0.2, 0.25) is 0 Å². The molecule has 150 valence electrons. The lowest BCUT2D eigenvalue weighted by Gasteiger charge is -2.20. The molecular weight excluding hydrogens is 360 g/mol. The summed E-state index contributed by atoms with van der Waals surface area (Å²) in [6, 6.07) is 5.07. The Hall–Kier alpha value is -3.16. The van der Waals surface area contributed by atoms with Crippen LogP contribution in [0.1, 0.15) is 41.5 Å². The minimum absolute atomic E-state index is 0.471. The van der Waals surface area contributed by atoms with Crippen molar-refractivity contribution in [3.05, 3.63) is 36.8 Å². The average Bonchev–Trinajstić information content (AvgIpc) is 2.51. The van der Waals surface area contributed by atoms with Crippen LogP contribution in [0.4, 0.5) is 21.0 Å². The van der Waals surface area contributed by atoms with Gasteiger partial charge in [0, 0.05) is 23.6 Å². The van der Waals surface area contributed by atoms with Gasteiger partial charge < -0.3 is 9.47 Å². The molecule has 8 heteroatoms. The summed E-state index contributed by atoms with van der Waals surface area (Å²) < 4.78 is 10.5. The maximum Gasteiger partial charge on any atom is 0.412 e. The van der Waals surface area contributed by atoms with Gasteiger partial charge in [-0.05, 0) is 59.7 Å². The van der Waals surface area contributed by atoms with E-state index in [4.69, 9.17) is 9.47 Å². The zero-order chi connectivity index (χ0) is 20.9. The van der Waals surface area contributed by atoms with E-state index >= 15 is 0 Å². The van der Waals surface area contributed by atoms with Gasteiger partial charge in [0.05, 0.1) is 17.6 Å². The highest BCUT2D eigenvalue weighted by atomic mass is 16.6. The minimum atomic E-state index is -0.599. The van der Waals surface area contributed by atoms with Gasteiger partial charge in [0.25, 0.3) is 0 Å². The SMILES string of the molecule is CC(C)(C)OC(=O)Nc1cncc(-c2cc(NC(=O)OC(C)(C)C)ccn2)c1. The fraction of sp³-hybridized carbons (Fsp3) is 0.400. The van der Waals surface area contributed by atoms with Crippen LogP contribution in [0.15, 0.2) is 36.8 Å². The Labute approximate surface area is 164 Å². The second-order valence-corrected chi connectivity index (χ2v) is 8.15. The van der Waals surface area contributed by atoms with Crippen molar-refractivity contribution in [3.8, 4) is 11.3 Å². The highest BCUT2D eigenvalue weighted by Crippen LogP contribution is 2.23. The van der Waals surface area contributed by atoms with Crippen molar-refractivity contribution < 1.29 is 19.1 Å². The Morgan fingerprint density at radius 3 is 2.00 bits per heavy atom. The molecule has 2 aromatic rings. The molecule has 2 aromatic heterocycles. The second kappa shape index (κ2) is 8.24. The molecule has 0 bridgehead atoms. The number of carbonyl (C=O) groups excluding carboxylic acids is 2. The first kappa shape index (κ1) is 21.1. The molecule has 0 fully saturated rings. The number of hydrogen-bond donors (Lipinski definition) is 2. The van der Waals surface area contributed by atoms with Crippen LogP contribution in [-0.2, 0) is 9.47 Å². The van der Waals surface area contributed by atoms with Crippen molar-refractivity contribution in [1.82, 2.24) is 9.97 Å². The zero-order valence-corrected chi connectivity index (χ0v) is 17.0. The van der Waals surface area contributed by atoms with Crippen LogP contribution in [0.2, 0.25) is 0 Å². The van der Waals surface area contributed by atoms with E-state index in [0.29, 0.717) is 22.6 Å². The van der Waals surface area contributed by atoms with Crippen molar-refractivity contribution >= 4 is 23.6 Å². The summed E-state index contributed by atoms with van der Waals surface area (Å²) in [4.78, 5) is 32.3. The standard InChI is InChI=1S/C20H26N4O4/c1-19(2,3)27-17(25)23-14-7-8-22-16(10-14)13-9-15(12-21-11-13)24-18(26)28-20(4,5)6/h7-12H,1-6H3,(H,24,26)(H,22,23,25). The Morgan fingerprint density at radius 2 is 1.43 bits per heavy atom. The van der Waals surface area contributed by atoms with Crippen LogP contribution in [0.3, 0.4) is 0 Å². The zero-order valence-electron chi connectivity index (χ0n) is 17.0. The molecular formula is C20H26N4O4. The first-order valence-corrected chi connectivity index (χ1v) is 8.83. The fourth-order valence-electron chi connectivity index (χ4n) is 2.16. The van der Waals surface area contributed by atoms with Gasteiger partial charge in [0.1, 0.15) is 11.2 Å². The smallest absolute Gasteiger partial charge is 0.412 e. The minimum Gasteiger partial charge on any atom is -0.444 e. The Balaban J connectivity index is 2.13. The Bertz CT molecular complexity index is 782. The van der Waals surface area contributed by atoms with E-state index in [9.17, 15) is 9.59 Å². The molecule has 28 heavy (non-hydrogen) atoms. The molecule has 2 amide bonds. The lowest BCUT2D eigenvalue weighted by molar-refractivity contribution is 0.0624. The molecule has 0 aliphatic carbocycles. The predicted octanol–water partition coefficient (Wildman–Crippen LogP) is 4.84. The van der Waals surface area contributed by atoms with E-state index in [1.807, 2.05) is 0 Å². The van der Waals surface area contributed by atoms with Gasteiger partial charge in [0.15, 0.2) is 0 Å². The first-order chi connectivity index (χ1) is 12.9. The quantitative estimate of drug-likeness (QED) is 0.783. The molecule has 0 unspecified atom stereocenters. The van der Waals surface area contributed by atoms with E-state index < -0.39 is 23.4 Å². The number of nitrogens with one attached hydrogen (secondary N) is 2. The van der Waals surface area contributed by atoms with Crippen molar-refractivity contribution in [2.45, 2.75) is 52.7 Å². The average molecular weight is 386 g/mol. The van der Waals surface area contributed by atoms with E-state index in [1.165, 1.54) is 6.20 Å². The molecule has 0 aliphatic rings. The number of rotatable bonds is 3. The summed E-state index contributed by atoms with van der Waals surface area (Å²) in [5.74, 6) is 0. The third-order valence-electron chi connectivity index (χ3n) is 3.08. The summed E-state index contributed by atoms with van der Waals surface area (Å²) in [6.45, 7) is 10.7.